The third-order valence-electron chi connectivity index (χ3n) is 1.50. The van der Waals surface area contributed by atoms with E-state index in [1.165, 1.54) is 0 Å². The average molecular weight is 241 g/mol. The highest BCUT2D eigenvalue weighted by Gasteiger charge is 2.33. The summed E-state index contributed by atoms with van der Waals surface area (Å²) >= 11 is 0. The van der Waals surface area contributed by atoms with Crippen LogP contribution in [0.3, 0.4) is 0 Å². The van der Waals surface area contributed by atoms with Gasteiger partial charge in [-0.25, -0.2) is 8.78 Å². The Balaban J connectivity index is 3.25. The molecule has 0 bridgehead atoms. The molecule has 0 spiro atoms. The van der Waals surface area contributed by atoms with E-state index in [2.05, 4.69) is 10.5 Å². The highest BCUT2D eigenvalue weighted by molar-refractivity contribution is 5.93. The molecule has 0 atom stereocenters. The lowest BCUT2D eigenvalue weighted by molar-refractivity contribution is -0.275. The number of hydrogen-bond donors (Lipinski definition) is 1. The molecule has 88 valence electrons. The van der Waals surface area contributed by atoms with Crippen LogP contribution in [0.25, 0.3) is 0 Å². The molecule has 0 aliphatic heterocycles. The third-order valence-corrected chi connectivity index (χ3v) is 1.50. The van der Waals surface area contributed by atoms with E-state index in [0.717, 1.165) is 0 Å². The van der Waals surface area contributed by atoms with Gasteiger partial charge in [0.1, 0.15) is 5.82 Å². The SMILES string of the molecule is NC(=O)c1cc(F)cc(OC(F)(F)F)c1F. The van der Waals surface area contributed by atoms with Crippen LogP contribution >= 0.6 is 0 Å². The van der Waals surface area contributed by atoms with E-state index in [9.17, 15) is 26.7 Å². The van der Waals surface area contributed by atoms with E-state index in [-0.39, 0.29) is 6.07 Å². The molecule has 1 aromatic carbocycles. The number of halogens is 5. The fourth-order valence-corrected chi connectivity index (χ4v) is 0.942. The van der Waals surface area contributed by atoms with Gasteiger partial charge in [0.15, 0.2) is 11.6 Å². The van der Waals surface area contributed by atoms with Crippen molar-refractivity contribution in [3.05, 3.63) is 29.3 Å². The fourth-order valence-electron chi connectivity index (χ4n) is 0.942. The lowest BCUT2D eigenvalue weighted by atomic mass is 10.2. The van der Waals surface area contributed by atoms with Gasteiger partial charge < -0.3 is 10.5 Å². The first-order valence-electron chi connectivity index (χ1n) is 3.75. The second kappa shape index (κ2) is 3.95. The maximum atomic E-state index is 13.1. The summed E-state index contributed by atoms with van der Waals surface area (Å²) in [5.41, 5.74) is 3.62. The first kappa shape index (κ1) is 12.2. The molecule has 2 N–H and O–H groups in total. The molecule has 0 saturated heterocycles. The Morgan fingerprint density at radius 3 is 2.25 bits per heavy atom. The Labute approximate surface area is 85.6 Å². The normalized spacial score (nSPS) is 11.3. The molecular formula is C8H4F5NO2. The lowest BCUT2D eigenvalue weighted by Crippen LogP contribution is -2.20. The topological polar surface area (TPSA) is 52.3 Å². The van der Waals surface area contributed by atoms with Crippen LogP contribution in [0, 0.1) is 11.6 Å². The van der Waals surface area contributed by atoms with Crippen molar-refractivity contribution < 1.29 is 31.5 Å². The molecule has 0 aromatic heterocycles. The number of alkyl halides is 3. The van der Waals surface area contributed by atoms with Gasteiger partial charge in [-0.15, -0.1) is 13.2 Å². The van der Waals surface area contributed by atoms with Crippen LogP contribution in [0.5, 0.6) is 5.75 Å². The van der Waals surface area contributed by atoms with Gasteiger partial charge in [-0.1, -0.05) is 0 Å². The van der Waals surface area contributed by atoms with Gasteiger partial charge in [0.2, 0.25) is 0 Å². The van der Waals surface area contributed by atoms with Gasteiger partial charge in [0, 0.05) is 6.07 Å². The predicted octanol–water partition coefficient (Wildman–Crippen LogP) is 1.96. The maximum absolute atomic E-state index is 13.1. The molecule has 0 unspecified atom stereocenters. The molecular weight excluding hydrogens is 237 g/mol. The zero-order valence-electron chi connectivity index (χ0n) is 7.44. The largest absolute Gasteiger partial charge is 0.573 e. The number of hydrogen-bond acceptors (Lipinski definition) is 2. The van der Waals surface area contributed by atoms with E-state index in [1.807, 2.05) is 0 Å². The third kappa shape index (κ3) is 2.81. The van der Waals surface area contributed by atoms with Crippen molar-refractivity contribution in [2.45, 2.75) is 6.36 Å². The average Bonchev–Trinajstić information content (AvgIpc) is 2.07. The Hall–Kier alpha value is -1.86. The van der Waals surface area contributed by atoms with E-state index >= 15 is 0 Å². The summed E-state index contributed by atoms with van der Waals surface area (Å²) in [6, 6.07) is 0.538. The highest BCUT2D eigenvalue weighted by Crippen LogP contribution is 2.28. The number of benzene rings is 1. The van der Waals surface area contributed by atoms with Crippen molar-refractivity contribution in [2.24, 2.45) is 5.73 Å². The summed E-state index contributed by atoms with van der Waals surface area (Å²) in [7, 11) is 0. The Kier molecular flexibility index (Phi) is 3.02. The number of ether oxygens (including phenoxy) is 1. The molecule has 0 aliphatic carbocycles. The fraction of sp³-hybridized carbons (Fsp3) is 0.125. The Morgan fingerprint density at radius 1 is 1.25 bits per heavy atom. The van der Waals surface area contributed by atoms with Gasteiger partial charge in [0.25, 0.3) is 5.91 Å². The first-order valence-corrected chi connectivity index (χ1v) is 3.75. The van der Waals surface area contributed by atoms with E-state index in [4.69, 9.17) is 0 Å². The molecule has 8 heteroatoms. The summed E-state index contributed by atoms with van der Waals surface area (Å²) in [5, 5.41) is 0. The minimum Gasteiger partial charge on any atom is -0.403 e. The van der Waals surface area contributed by atoms with Crippen molar-refractivity contribution in [1.29, 1.82) is 0 Å². The van der Waals surface area contributed by atoms with Gasteiger partial charge in [-0.3, -0.25) is 4.79 Å². The quantitative estimate of drug-likeness (QED) is 0.804. The van der Waals surface area contributed by atoms with Crippen LogP contribution in [-0.2, 0) is 0 Å². The molecule has 0 aliphatic rings. The number of primary amides is 1. The minimum atomic E-state index is -5.19. The second-order valence-corrected chi connectivity index (χ2v) is 2.68. The lowest BCUT2D eigenvalue weighted by Gasteiger charge is -2.10. The first-order chi connectivity index (χ1) is 7.20. The van der Waals surface area contributed by atoms with Crippen LogP contribution < -0.4 is 10.5 Å². The van der Waals surface area contributed by atoms with Gasteiger partial charge >= 0.3 is 6.36 Å². The molecule has 16 heavy (non-hydrogen) atoms. The van der Waals surface area contributed by atoms with Crippen molar-refractivity contribution >= 4 is 5.91 Å². The van der Waals surface area contributed by atoms with Crippen molar-refractivity contribution in [1.82, 2.24) is 0 Å². The van der Waals surface area contributed by atoms with Crippen LogP contribution in [0.15, 0.2) is 12.1 Å². The molecule has 0 fully saturated rings. The van der Waals surface area contributed by atoms with Gasteiger partial charge in [-0.05, 0) is 6.07 Å². The molecule has 0 radical (unpaired) electrons. The Morgan fingerprint density at radius 2 is 1.81 bits per heavy atom. The molecule has 1 rings (SSSR count). The summed E-state index contributed by atoms with van der Waals surface area (Å²) in [6.45, 7) is 0. The summed E-state index contributed by atoms with van der Waals surface area (Å²) in [6.07, 6.45) is -5.19. The summed E-state index contributed by atoms with van der Waals surface area (Å²) < 4.78 is 64.3. The predicted molar refractivity (Wildman–Crippen MR) is 41.6 cm³/mol. The highest BCUT2D eigenvalue weighted by atomic mass is 19.4. The van der Waals surface area contributed by atoms with Crippen LogP contribution in [0.1, 0.15) is 10.4 Å². The number of carbonyl (C=O) groups is 1. The molecule has 0 saturated carbocycles. The maximum Gasteiger partial charge on any atom is 0.573 e. The van der Waals surface area contributed by atoms with E-state index in [1.54, 1.807) is 0 Å². The van der Waals surface area contributed by atoms with Crippen LogP contribution in [0.2, 0.25) is 0 Å². The van der Waals surface area contributed by atoms with E-state index in [0.29, 0.717) is 6.07 Å². The Bertz CT molecular complexity index is 429. The second-order valence-electron chi connectivity index (χ2n) is 2.68. The van der Waals surface area contributed by atoms with E-state index < -0.39 is 35.2 Å². The number of amides is 1. The molecule has 1 aromatic rings. The van der Waals surface area contributed by atoms with Gasteiger partial charge in [-0.2, -0.15) is 0 Å². The van der Waals surface area contributed by atoms with Crippen LogP contribution in [-0.4, -0.2) is 12.3 Å². The zero-order chi connectivity index (χ0) is 12.5. The monoisotopic (exact) mass is 241 g/mol. The summed E-state index contributed by atoms with van der Waals surface area (Å²) in [5.74, 6) is -5.77. The standard InChI is InChI=1S/C8H4F5NO2/c9-3-1-4(7(14)15)6(10)5(2-3)16-8(11,12)13/h1-2H,(H2,14,15). The van der Waals surface area contributed by atoms with Gasteiger partial charge in [0.05, 0.1) is 5.56 Å². The smallest absolute Gasteiger partial charge is 0.403 e. The van der Waals surface area contributed by atoms with Crippen LogP contribution in [0.4, 0.5) is 22.0 Å². The van der Waals surface area contributed by atoms with Crippen molar-refractivity contribution in [2.75, 3.05) is 0 Å². The minimum absolute atomic E-state index is 0.162. The number of carbonyl (C=O) groups excluding carboxylic acids is 1. The van der Waals surface area contributed by atoms with Crippen molar-refractivity contribution in [3.63, 3.8) is 0 Å². The molecule has 3 nitrogen and oxygen atoms in total. The number of rotatable bonds is 2. The molecule has 1 amide bonds. The zero-order valence-corrected chi connectivity index (χ0v) is 7.44. The van der Waals surface area contributed by atoms with Crippen molar-refractivity contribution in [3.8, 4) is 5.75 Å². The molecule has 0 heterocycles. The number of nitrogens with two attached hydrogens (primary N) is 1. The summed E-state index contributed by atoms with van der Waals surface area (Å²) in [4.78, 5) is 10.6.